The quantitative estimate of drug-likeness (QED) is 0.187. The molecule has 3 aromatic carbocycles. The van der Waals surface area contributed by atoms with Crippen molar-refractivity contribution in [3.05, 3.63) is 118 Å². The molecule has 40 heavy (non-hydrogen) atoms. The molecular weight excluding hydrogens is 552 g/mol. The summed E-state index contributed by atoms with van der Waals surface area (Å²) in [5, 5.41) is 12.7. The number of allylic oxidation sites excluding steroid dienone is 4. The Morgan fingerprint density at radius 2 is 1.95 bits per heavy atom. The highest BCUT2D eigenvalue weighted by Gasteiger charge is 2.32. The van der Waals surface area contributed by atoms with E-state index in [1.165, 1.54) is 12.1 Å². The Bertz CT molecular complexity index is 1630. The van der Waals surface area contributed by atoms with Crippen LogP contribution in [0.2, 0.25) is 5.02 Å². The number of H-pyrrole nitrogens is 1. The maximum atomic E-state index is 14.6. The van der Waals surface area contributed by atoms with E-state index in [1.54, 1.807) is 30.3 Å². The van der Waals surface area contributed by atoms with Crippen LogP contribution in [0.5, 0.6) is 0 Å². The summed E-state index contributed by atoms with van der Waals surface area (Å²) in [5.74, 6) is -2.17. The van der Waals surface area contributed by atoms with Gasteiger partial charge in [0.1, 0.15) is 11.6 Å². The number of carbonyl (C=O) groups excluding carboxylic acids is 1. The topological polar surface area (TPSA) is 95.1 Å². The Morgan fingerprint density at radius 1 is 1.15 bits per heavy atom. The van der Waals surface area contributed by atoms with Gasteiger partial charge in [-0.2, -0.15) is 0 Å². The highest BCUT2D eigenvalue weighted by Crippen LogP contribution is 2.41. The number of carbonyl (C=O) groups is 2. The second-order valence-corrected chi connectivity index (χ2v) is 10.6. The van der Waals surface area contributed by atoms with Crippen LogP contribution in [0, 0.1) is 5.82 Å². The van der Waals surface area contributed by atoms with E-state index >= 15 is 0 Å². The third-order valence-corrected chi connectivity index (χ3v) is 7.62. The van der Waals surface area contributed by atoms with Crippen LogP contribution in [-0.2, 0) is 0 Å². The number of aromatic amines is 1. The molecule has 1 aromatic heterocycles. The summed E-state index contributed by atoms with van der Waals surface area (Å²) < 4.78 is 14.6. The number of aromatic nitrogens is 2. The molecule has 9 heteroatoms. The van der Waals surface area contributed by atoms with Crippen molar-refractivity contribution in [1.82, 2.24) is 15.3 Å². The van der Waals surface area contributed by atoms with E-state index < -0.39 is 35.0 Å². The molecule has 0 spiro atoms. The van der Waals surface area contributed by atoms with Crippen molar-refractivity contribution < 1.29 is 19.1 Å². The lowest BCUT2D eigenvalue weighted by molar-refractivity contribution is 0.0695. The van der Waals surface area contributed by atoms with Crippen LogP contribution in [0.1, 0.15) is 69.4 Å². The van der Waals surface area contributed by atoms with Crippen LogP contribution in [0.25, 0.3) is 16.6 Å². The lowest BCUT2D eigenvalue weighted by Gasteiger charge is -2.27. The zero-order valence-corrected chi connectivity index (χ0v) is 23.0. The number of carboxylic acid groups (broad SMARTS) is 1. The van der Waals surface area contributed by atoms with E-state index in [2.05, 4.69) is 10.3 Å². The molecule has 204 valence electrons. The molecule has 3 atom stereocenters. The van der Waals surface area contributed by atoms with Gasteiger partial charge in [-0.25, -0.2) is 14.2 Å². The first-order chi connectivity index (χ1) is 19.3. The minimum atomic E-state index is -1.19. The maximum absolute atomic E-state index is 14.6. The van der Waals surface area contributed by atoms with Gasteiger partial charge in [-0.05, 0) is 48.4 Å². The zero-order chi connectivity index (χ0) is 28.4. The number of benzene rings is 3. The second-order valence-electron chi connectivity index (χ2n) is 9.62. The molecule has 1 heterocycles. The lowest BCUT2D eigenvalue weighted by Crippen LogP contribution is -2.29. The average molecular weight is 578 g/mol. The van der Waals surface area contributed by atoms with E-state index in [0.717, 1.165) is 16.6 Å². The molecule has 1 amide bonds. The summed E-state index contributed by atoms with van der Waals surface area (Å²) in [4.78, 5) is 33.7. The number of nitrogens with one attached hydrogen (secondary N) is 2. The van der Waals surface area contributed by atoms with Gasteiger partial charge in [0.05, 0.1) is 28.0 Å². The number of nitrogens with zero attached hydrogens (tertiary/aromatic N) is 1. The van der Waals surface area contributed by atoms with Gasteiger partial charge >= 0.3 is 5.97 Å². The predicted molar refractivity (Wildman–Crippen MR) is 156 cm³/mol. The third-order valence-electron chi connectivity index (χ3n) is 6.99. The number of fused-ring (bicyclic) bond motifs is 1. The summed E-state index contributed by atoms with van der Waals surface area (Å²) in [7, 11) is 0. The van der Waals surface area contributed by atoms with Crippen LogP contribution in [-0.4, -0.2) is 32.3 Å². The van der Waals surface area contributed by atoms with Crippen molar-refractivity contribution in [1.29, 1.82) is 0 Å². The third kappa shape index (κ3) is 5.53. The minimum Gasteiger partial charge on any atom is -0.478 e. The number of carboxylic acids is 1. The fourth-order valence-electron chi connectivity index (χ4n) is 5.08. The van der Waals surface area contributed by atoms with Crippen molar-refractivity contribution in [2.45, 2.75) is 37.1 Å². The maximum Gasteiger partial charge on any atom is 0.336 e. The Labute approximate surface area is 240 Å². The normalized spacial score (nSPS) is 17.4. The summed E-state index contributed by atoms with van der Waals surface area (Å²) in [6.45, 7) is 1.93. The summed E-state index contributed by atoms with van der Waals surface area (Å²) in [5.41, 5.74) is 3.22. The highest BCUT2D eigenvalue weighted by molar-refractivity contribution is 6.30. The number of para-hydroxylation sites is 2. The fraction of sp³-hybridized carbons (Fsp3) is 0.194. The van der Waals surface area contributed by atoms with Crippen LogP contribution in [0.15, 0.2) is 78.9 Å². The highest BCUT2D eigenvalue weighted by atomic mass is 35.5. The lowest BCUT2D eigenvalue weighted by atomic mass is 9.81. The standard InChI is InChI=1S/C31H26Cl2FN3O3/c1-2-6-25(20-14-12-18(32)16-24(20)34)37-30(38)17-11-13-19(22(15-17)31(39)40)28-21(7-5-8-23(28)33)29-35-26-9-3-4-10-27(26)36-29/h3-5,7-16,23,25,28H,2,6H2,1H3,(H,35,36)(H,37,38)(H,39,40)/t23-,25?,28?/m0/s1. The number of amides is 1. The number of alkyl halides is 1. The van der Waals surface area contributed by atoms with Gasteiger partial charge in [0.2, 0.25) is 0 Å². The van der Waals surface area contributed by atoms with Gasteiger partial charge in [0.25, 0.3) is 5.91 Å². The first-order valence-corrected chi connectivity index (χ1v) is 13.7. The van der Waals surface area contributed by atoms with Crippen molar-refractivity contribution in [3.63, 3.8) is 0 Å². The molecule has 6 nitrogen and oxygen atoms in total. The Morgan fingerprint density at radius 3 is 2.67 bits per heavy atom. The van der Waals surface area contributed by atoms with Gasteiger partial charge in [-0.1, -0.05) is 67.4 Å². The summed E-state index contributed by atoms with van der Waals surface area (Å²) in [6.07, 6.45) is 6.66. The molecular formula is C31H26Cl2FN3O3. The van der Waals surface area contributed by atoms with Gasteiger partial charge in [-0.15, -0.1) is 11.6 Å². The zero-order valence-electron chi connectivity index (χ0n) is 21.5. The molecule has 3 N–H and O–H groups in total. The van der Waals surface area contributed by atoms with E-state index in [9.17, 15) is 19.1 Å². The molecule has 0 radical (unpaired) electrons. The van der Waals surface area contributed by atoms with Crippen LogP contribution < -0.4 is 5.32 Å². The molecule has 0 aliphatic heterocycles. The smallest absolute Gasteiger partial charge is 0.336 e. The first-order valence-electron chi connectivity index (χ1n) is 12.9. The number of aromatic carboxylic acids is 1. The number of rotatable bonds is 8. The Balaban J connectivity index is 1.49. The molecule has 0 saturated carbocycles. The van der Waals surface area contributed by atoms with Crippen LogP contribution >= 0.6 is 23.2 Å². The summed E-state index contributed by atoms with van der Waals surface area (Å²) in [6, 6.07) is 15.8. The molecule has 4 aromatic rings. The number of hydrogen-bond acceptors (Lipinski definition) is 3. The fourth-order valence-corrected chi connectivity index (χ4v) is 5.59. The molecule has 2 unspecified atom stereocenters. The SMILES string of the molecule is CCCC(NC(=O)c1ccc(C2C(c3nc4ccccc4[nH]3)=CC=C[C@@H]2Cl)c(C(=O)O)c1)c1ccc(Cl)cc1F. The van der Waals surface area contributed by atoms with Crippen molar-refractivity contribution in [2.75, 3.05) is 0 Å². The van der Waals surface area contributed by atoms with Gasteiger partial charge in [0, 0.05) is 27.6 Å². The number of halogens is 3. The monoisotopic (exact) mass is 577 g/mol. The van der Waals surface area contributed by atoms with Crippen molar-refractivity contribution in [3.8, 4) is 0 Å². The van der Waals surface area contributed by atoms with E-state index in [-0.39, 0.29) is 16.1 Å². The van der Waals surface area contributed by atoms with E-state index in [0.29, 0.717) is 29.8 Å². The summed E-state index contributed by atoms with van der Waals surface area (Å²) >= 11 is 12.7. The predicted octanol–water partition coefficient (Wildman–Crippen LogP) is 7.67. The largest absolute Gasteiger partial charge is 0.478 e. The number of imidazole rings is 1. The second kappa shape index (κ2) is 11.7. The molecule has 0 bridgehead atoms. The molecule has 1 aliphatic carbocycles. The minimum absolute atomic E-state index is 0.0506. The van der Waals surface area contributed by atoms with E-state index in [1.807, 2.05) is 43.3 Å². The molecule has 5 rings (SSSR count). The van der Waals surface area contributed by atoms with Crippen LogP contribution in [0.4, 0.5) is 4.39 Å². The van der Waals surface area contributed by atoms with Crippen molar-refractivity contribution >= 4 is 51.7 Å². The molecule has 0 fully saturated rings. The molecule has 0 saturated heterocycles. The Kier molecular flexibility index (Phi) is 8.05. The molecule has 1 aliphatic rings. The average Bonchev–Trinajstić information content (AvgIpc) is 3.37. The van der Waals surface area contributed by atoms with E-state index in [4.69, 9.17) is 28.2 Å². The Hall–Kier alpha value is -3.94. The van der Waals surface area contributed by atoms with Gasteiger partial charge in [0.15, 0.2) is 0 Å². The van der Waals surface area contributed by atoms with Gasteiger partial charge in [-0.3, -0.25) is 4.79 Å². The van der Waals surface area contributed by atoms with Crippen molar-refractivity contribution in [2.24, 2.45) is 0 Å². The van der Waals surface area contributed by atoms with Gasteiger partial charge < -0.3 is 15.4 Å². The number of hydrogen-bond donors (Lipinski definition) is 3. The first kappa shape index (κ1) is 27.6. The van der Waals surface area contributed by atoms with Crippen LogP contribution in [0.3, 0.4) is 0 Å².